The SMILES string of the molecule is COc1ccc(Nc2ccc(NC(C)CC(C)C)cc2)cc1. The highest BCUT2D eigenvalue weighted by atomic mass is 16.5. The molecule has 0 aliphatic carbocycles. The van der Waals surface area contributed by atoms with Crippen molar-refractivity contribution >= 4 is 17.1 Å². The van der Waals surface area contributed by atoms with Crippen molar-refractivity contribution in [3.8, 4) is 5.75 Å². The molecule has 0 fully saturated rings. The molecule has 3 nitrogen and oxygen atoms in total. The summed E-state index contributed by atoms with van der Waals surface area (Å²) in [7, 11) is 1.68. The summed E-state index contributed by atoms with van der Waals surface area (Å²) in [4.78, 5) is 0. The van der Waals surface area contributed by atoms with Crippen molar-refractivity contribution in [3.05, 3.63) is 48.5 Å². The lowest BCUT2D eigenvalue weighted by Crippen LogP contribution is -2.17. The molecule has 22 heavy (non-hydrogen) atoms. The van der Waals surface area contributed by atoms with E-state index in [1.807, 2.05) is 24.3 Å². The van der Waals surface area contributed by atoms with E-state index in [4.69, 9.17) is 4.74 Å². The smallest absolute Gasteiger partial charge is 0.119 e. The van der Waals surface area contributed by atoms with Crippen LogP contribution in [0, 0.1) is 5.92 Å². The molecule has 118 valence electrons. The van der Waals surface area contributed by atoms with Gasteiger partial charge in [-0.3, -0.25) is 0 Å². The molecule has 0 saturated heterocycles. The lowest BCUT2D eigenvalue weighted by molar-refractivity contribution is 0.415. The third kappa shape index (κ3) is 4.99. The molecule has 3 heteroatoms. The van der Waals surface area contributed by atoms with Gasteiger partial charge in [-0.05, 0) is 67.8 Å². The summed E-state index contributed by atoms with van der Waals surface area (Å²) >= 11 is 0. The molecular formula is C19H26N2O. The monoisotopic (exact) mass is 298 g/mol. The zero-order chi connectivity index (χ0) is 15.9. The van der Waals surface area contributed by atoms with Gasteiger partial charge >= 0.3 is 0 Å². The first kappa shape index (κ1) is 16.2. The first-order chi connectivity index (χ1) is 10.6. The molecule has 0 bridgehead atoms. The first-order valence-electron chi connectivity index (χ1n) is 7.84. The van der Waals surface area contributed by atoms with Crippen molar-refractivity contribution in [2.45, 2.75) is 33.2 Å². The van der Waals surface area contributed by atoms with E-state index in [2.05, 4.69) is 55.7 Å². The van der Waals surface area contributed by atoms with Gasteiger partial charge in [0, 0.05) is 23.1 Å². The number of hydrogen-bond acceptors (Lipinski definition) is 3. The van der Waals surface area contributed by atoms with Crippen LogP contribution in [0.2, 0.25) is 0 Å². The number of methoxy groups -OCH3 is 1. The minimum Gasteiger partial charge on any atom is -0.497 e. The molecule has 0 aliphatic heterocycles. The Hall–Kier alpha value is -2.16. The molecule has 0 saturated carbocycles. The summed E-state index contributed by atoms with van der Waals surface area (Å²) in [6.07, 6.45) is 1.17. The highest BCUT2D eigenvalue weighted by Crippen LogP contribution is 2.22. The van der Waals surface area contributed by atoms with E-state index in [9.17, 15) is 0 Å². The van der Waals surface area contributed by atoms with E-state index in [-0.39, 0.29) is 0 Å². The molecule has 2 rings (SSSR count). The van der Waals surface area contributed by atoms with Crippen LogP contribution in [-0.4, -0.2) is 13.2 Å². The number of hydrogen-bond donors (Lipinski definition) is 2. The molecule has 0 spiro atoms. The van der Waals surface area contributed by atoms with E-state index < -0.39 is 0 Å². The molecule has 0 radical (unpaired) electrons. The summed E-state index contributed by atoms with van der Waals surface area (Å²) in [5.41, 5.74) is 3.29. The summed E-state index contributed by atoms with van der Waals surface area (Å²) in [5.74, 6) is 1.57. The summed E-state index contributed by atoms with van der Waals surface area (Å²) in [5, 5.41) is 6.92. The van der Waals surface area contributed by atoms with Crippen LogP contribution in [-0.2, 0) is 0 Å². The van der Waals surface area contributed by atoms with Gasteiger partial charge in [-0.2, -0.15) is 0 Å². The Labute approximate surface area is 133 Å². The van der Waals surface area contributed by atoms with Crippen LogP contribution in [0.15, 0.2) is 48.5 Å². The van der Waals surface area contributed by atoms with Crippen molar-refractivity contribution in [2.24, 2.45) is 5.92 Å². The molecule has 2 aromatic rings. The molecule has 1 unspecified atom stereocenters. The van der Waals surface area contributed by atoms with Crippen LogP contribution in [0.4, 0.5) is 17.1 Å². The molecule has 0 aliphatic rings. The van der Waals surface area contributed by atoms with Crippen molar-refractivity contribution < 1.29 is 4.74 Å². The fourth-order valence-corrected chi connectivity index (χ4v) is 2.54. The average molecular weight is 298 g/mol. The van der Waals surface area contributed by atoms with E-state index in [0.29, 0.717) is 12.0 Å². The third-order valence-electron chi connectivity index (χ3n) is 3.50. The molecule has 2 aromatic carbocycles. The van der Waals surface area contributed by atoms with E-state index >= 15 is 0 Å². The Balaban J connectivity index is 1.93. The fraction of sp³-hybridized carbons (Fsp3) is 0.368. The first-order valence-corrected chi connectivity index (χ1v) is 7.84. The second-order valence-corrected chi connectivity index (χ2v) is 6.11. The quantitative estimate of drug-likeness (QED) is 0.729. The predicted molar refractivity (Wildman–Crippen MR) is 95.3 cm³/mol. The van der Waals surface area contributed by atoms with Gasteiger partial charge in [0.2, 0.25) is 0 Å². The van der Waals surface area contributed by atoms with Gasteiger partial charge in [-0.25, -0.2) is 0 Å². The van der Waals surface area contributed by atoms with Crippen LogP contribution < -0.4 is 15.4 Å². The lowest BCUT2D eigenvalue weighted by atomic mass is 10.1. The maximum absolute atomic E-state index is 5.16. The summed E-state index contributed by atoms with van der Waals surface area (Å²) in [6, 6.07) is 16.8. The van der Waals surface area contributed by atoms with Crippen LogP contribution in [0.3, 0.4) is 0 Å². The molecular weight excluding hydrogens is 272 g/mol. The fourth-order valence-electron chi connectivity index (χ4n) is 2.54. The van der Waals surface area contributed by atoms with Crippen LogP contribution in [0.1, 0.15) is 27.2 Å². The molecule has 2 N–H and O–H groups in total. The summed E-state index contributed by atoms with van der Waals surface area (Å²) < 4.78 is 5.16. The zero-order valence-electron chi connectivity index (χ0n) is 13.9. The van der Waals surface area contributed by atoms with Crippen molar-refractivity contribution in [1.82, 2.24) is 0 Å². The van der Waals surface area contributed by atoms with Crippen LogP contribution in [0.25, 0.3) is 0 Å². The van der Waals surface area contributed by atoms with Gasteiger partial charge < -0.3 is 15.4 Å². The van der Waals surface area contributed by atoms with Gasteiger partial charge in [0.1, 0.15) is 5.75 Å². The second kappa shape index (κ2) is 7.74. The Bertz CT molecular complexity index is 561. The Morgan fingerprint density at radius 3 is 1.82 bits per heavy atom. The maximum atomic E-state index is 5.16. The Kier molecular flexibility index (Phi) is 5.70. The van der Waals surface area contributed by atoms with Gasteiger partial charge in [-0.1, -0.05) is 13.8 Å². The van der Waals surface area contributed by atoms with Crippen molar-refractivity contribution in [3.63, 3.8) is 0 Å². The minimum absolute atomic E-state index is 0.486. The second-order valence-electron chi connectivity index (χ2n) is 6.11. The highest BCUT2D eigenvalue weighted by molar-refractivity contribution is 5.63. The average Bonchev–Trinajstić information content (AvgIpc) is 2.49. The summed E-state index contributed by atoms with van der Waals surface area (Å²) in [6.45, 7) is 6.73. The molecule has 0 heterocycles. The van der Waals surface area contributed by atoms with Gasteiger partial charge in [0.05, 0.1) is 7.11 Å². The van der Waals surface area contributed by atoms with E-state index in [1.165, 1.54) is 6.42 Å². The number of benzene rings is 2. The third-order valence-corrected chi connectivity index (χ3v) is 3.50. The number of ether oxygens (including phenoxy) is 1. The Morgan fingerprint density at radius 2 is 1.32 bits per heavy atom. The van der Waals surface area contributed by atoms with Gasteiger partial charge in [0.25, 0.3) is 0 Å². The van der Waals surface area contributed by atoms with Crippen LogP contribution >= 0.6 is 0 Å². The normalized spacial score (nSPS) is 12.0. The van der Waals surface area contributed by atoms with E-state index in [0.717, 1.165) is 22.8 Å². The highest BCUT2D eigenvalue weighted by Gasteiger charge is 2.04. The molecule has 0 aromatic heterocycles. The largest absolute Gasteiger partial charge is 0.497 e. The van der Waals surface area contributed by atoms with Crippen molar-refractivity contribution in [1.29, 1.82) is 0 Å². The van der Waals surface area contributed by atoms with Gasteiger partial charge in [0.15, 0.2) is 0 Å². The Morgan fingerprint density at radius 1 is 0.818 bits per heavy atom. The molecule has 1 atom stereocenters. The standard InChI is InChI=1S/C19H26N2O/c1-14(2)13-15(3)20-16-5-7-17(8-6-16)21-18-9-11-19(22-4)12-10-18/h5-12,14-15,20-21H,13H2,1-4H3. The van der Waals surface area contributed by atoms with Crippen LogP contribution in [0.5, 0.6) is 5.75 Å². The number of anilines is 3. The predicted octanol–water partition coefficient (Wildman–Crippen LogP) is 5.29. The zero-order valence-corrected chi connectivity index (χ0v) is 13.9. The van der Waals surface area contributed by atoms with E-state index in [1.54, 1.807) is 7.11 Å². The maximum Gasteiger partial charge on any atom is 0.119 e. The number of nitrogens with one attached hydrogen (secondary N) is 2. The molecule has 0 amide bonds. The van der Waals surface area contributed by atoms with Gasteiger partial charge in [-0.15, -0.1) is 0 Å². The topological polar surface area (TPSA) is 33.3 Å². The minimum atomic E-state index is 0.486. The van der Waals surface area contributed by atoms with Crippen molar-refractivity contribution in [2.75, 3.05) is 17.7 Å². The number of rotatable bonds is 7. The lowest BCUT2D eigenvalue weighted by Gasteiger charge is -2.17.